The molecule has 0 bridgehead atoms. The van der Waals surface area contributed by atoms with Gasteiger partial charge in [-0.2, -0.15) is 5.10 Å². The molecule has 0 aliphatic rings. The monoisotopic (exact) mass is 263 g/mol. The lowest BCUT2D eigenvalue weighted by molar-refractivity contribution is 0.649. The summed E-state index contributed by atoms with van der Waals surface area (Å²) in [7, 11) is 0. The van der Waals surface area contributed by atoms with E-state index in [1.54, 1.807) is 0 Å². The van der Waals surface area contributed by atoms with Crippen molar-refractivity contribution < 1.29 is 0 Å². The minimum absolute atomic E-state index is 0.532. The van der Waals surface area contributed by atoms with Gasteiger partial charge in [0, 0.05) is 16.1 Å². The minimum Gasteiger partial charge on any atom is -0.382 e. The number of nitrogens with two attached hydrogens (primary N) is 1. The Morgan fingerprint density at radius 3 is 2.72 bits per heavy atom. The van der Waals surface area contributed by atoms with Crippen LogP contribution in [-0.2, 0) is 6.42 Å². The van der Waals surface area contributed by atoms with Gasteiger partial charge in [-0.3, -0.25) is 5.10 Å². The smallest absolute Gasteiger partial charge is 0.149 e. The van der Waals surface area contributed by atoms with Gasteiger partial charge in [-0.15, -0.1) is 0 Å². The van der Waals surface area contributed by atoms with Crippen LogP contribution in [0, 0.1) is 12.8 Å². The number of nitrogen functional groups attached to an aromatic ring is 1. The fourth-order valence-corrected chi connectivity index (χ4v) is 2.16. The molecule has 0 atom stereocenters. The number of aromatic nitrogens is 2. The Morgan fingerprint density at radius 2 is 2.11 bits per heavy atom. The highest BCUT2D eigenvalue weighted by atomic mass is 35.5. The number of halogens is 1. The summed E-state index contributed by atoms with van der Waals surface area (Å²) in [4.78, 5) is 0. The molecule has 2 rings (SSSR count). The largest absolute Gasteiger partial charge is 0.382 e. The third-order valence-electron chi connectivity index (χ3n) is 2.97. The lowest BCUT2D eigenvalue weighted by Crippen LogP contribution is -1.99. The number of aryl methyl sites for hydroxylation is 1. The SMILES string of the molecule is Cc1ccc(-c2[nH]nc(N)c2CC(C)C)cc1Cl. The van der Waals surface area contributed by atoms with Crippen LogP contribution in [0.25, 0.3) is 11.3 Å². The van der Waals surface area contributed by atoms with E-state index in [0.717, 1.165) is 33.8 Å². The van der Waals surface area contributed by atoms with E-state index < -0.39 is 0 Å². The molecule has 0 radical (unpaired) electrons. The van der Waals surface area contributed by atoms with Crippen LogP contribution in [0.15, 0.2) is 18.2 Å². The van der Waals surface area contributed by atoms with Crippen molar-refractivity contribution in [2.45, 2.75) is 27.2 Å². The number of hydrogen-bond donors (Lipinski definition) is 2. The Bertz CT molecular complexity index is 558. The van der Waals surface area contributed by atoms with E-state index in [-0.39, 0.29) is 0 Å². The molecule has 0 aliphatic carbocycles. The van der Waals surface area contributed by atoms with Crippen LogP contribution >= 0.6 is 11.6 Å². The summed E-state index contributed by atoms with van der Waals surface area (Å²) in [5, 5.41) is 7.88. The number of aromatic amines is 1. The zero-order valence-electron chi connectivity index (χ0n) is 10.9. The summed E-state index contributed by atoms with van der Waals surface area (Å²) in [5.74, 6) is 1.11. The fourth-order valence-electron chi connectivity index (χ4n) is 1.98. The Kier molecular flexibility index (Phi) is 3.62. The Labute approximate surface area is 112 Å². The average molecular weight is 264 g/mol. The molecule has 1 aromatic heterocycles. The van der Waals surface area contributed by atoms with E-state index in [0.29, 0.717) is 11.7 Å². The minimum atomic E-state index is 0.532. The standard InChI is InChI=1S/C14H18ClN3/c1-8(2)6-11-13(17-18-14(11)16)10-5-4-9(3)12(15)7-10/h4-5,7-8H,6H2,1-3H3,(H3,16,17,18). The van der Waals surface area contributed by atoms with E-state index in [4.69, 9.17) is 17.3 Å². The molecule has 18 heavy (non-hydrogen) atoms. The summed E-state index contributed by atoms with van der Waals surface area (Å²) in [6.07, 6.45) is 0.906. The summed E-state index contributed by atoms with van der Waals surface area (Å²) < 4.78 is 0. The lowest BCUT2D eigenvalue weighted by atomic mass is 9.99. The van der Waals surface area contributed by atoms with Crippen molar-refractivity contribution in [3.8, 4) is 11.3 Å². The molecule has 0 amide bonds. The normalized spacial score (nSPS) is 11.2. The van der Waals surface area contributed by atoms with Crippen LogP contribution in [0.1, 0.15) is 25.0 Å². The maximum atomic E-state index is 6.16. The highest BCUT2D eigenvalue weighted by molar-refractivity contribution is 6.31. The maximum Gasteiger partial charge on any atom is 0.149 e. The van der Waals surface area contributed by atoms with Gasteiger partial charge >= 0.3 is 0 Å². The quantitative estimate of drug-likeness (QED) is 0.885. The Hall–Kier alpha value is -1.48. The maximum absolute atomic E-state index is 6.16. The van der Waals surface area contributed by atoms with Gasteiger partial charge in [0.2, 0.25) is 0 Å². The van der Waals surface area contributed by atoms with Crippen molar-refractivity contribution in [2.75, 3.05) is 5.73 Å². The Balaban J connectivity index is 2.47. The zero-order chi connectivity index (χ0) is 13.3. The second kappa shape index (κ2) is 5.02. The molecule has 4 heteroatoms. The van der Waals surface area contributed by atoms with Crippen molar-refractivity contribution in [3.63, 3.8) is 0 Å². The van der Waals surface area contributed by atoms with E-state index in [2.05, 4.69) is 24.0 Å². The van der Waals surface area contributed by atoms with E-state index >= 15 is 0 Å². The molecule has 2 aromatic rings. The predicted molar refractivity (Wildman–Crippen MR) is 76.7 cm³/mol. The molecule has 1 heterocycles. The first-order valence-corrected chi connectivity index (χ1v) is 6.46. The van der Waals surface area contributed by atoms with Crippen LogP contribution in [0.5, 0.6) is 0 Å². The summed E-state index contributed by atoms with van der Waals surface area (Å²) in [6.45, 7) is 6.32. The molecule has 0 aliphatic heterocycles. The molecule has 0 saturated carbocycles. The number of nitrogens with zero attached hydrogens (tertiary/aromatic N) is 1. The summed E-state index contributed by atoms with van der Waals surface area (Å²) in [5.41, 5.74) is 10.1. The van der Waals surface area contributed by atoms with E-state index in [1.165, 1.54) is 0 Å². The Morgan fingerprint density at radius 1 is 1.39 bits per heavy atom. The first-order valence-electron chi connectivity index (χ1n) is 6.08. The topological polar surface area (TPSA) is 54.7 Å². The molecule has 0 spiro atoms. The predicted octanol–water partition coefficient (Wildman–Crippen LogP) is 3.82. The number of rotatable bonds is 3. The molecular formula is C14H18ClN3. The van der Waals surface area contributed by atoms with Crippen molar-refractivity contribution >= 4 is 17.4 Å². The van der Waals surface area contributed by atoms with Gasteiger partial charge in [0.15, 0.2) is 0 Å². The molecule has 3 nitrogen and oxygen atoms in total. The van der Waals surface area contributed by atoms with Crippen LogP contribution in [0.2, 0.25) is 5.02 Å². The summed E-state index contributed by atoms with van der Waals surface area (Å²) >= 11 is 6.16. The van der Waals surface area contributed by atoms with Crippen molar-refractivity contribution in [1.29, 1.82) is 0 Å². The highest BCUT2D eigenvalue weighted by Crippen LogP contribution is 2.30. The van der Waals surface area contributed by atoms with Gasteiger partial charge in [0.1, 0.15) is 5.82 Å². The second-order valence-electron chi connectivity index (χ2n) is 5.02. The van der Waals surface area contributed by atoms with Crippen LogP contribution in [0.4, 0.5) is 5.82 Å². The van der Waals surface area contributed by atoms with Gasteiger partial charge in [0.05, 0.1) is 5.69 Å². The van der Waals surface area contributed by atoms with Crippen molar-refractivity contribution in [2.24, 2.45) is 5.92 Å². The van der Waals surface area contributed by atoms with Gasteiger partial charge < -0.3 is 5.73 Å². The highest BCUT2D eigenvalue weighted by Gasteiger charge is 2.14. The first kappa shape index (κ1) is 13.0. The summed E-state index contributed by atoms with van der Waals surface area (Å²) in [6, 6.07) is 6.00. The number of nitrogens with one attached hydrogen (secondary N) is 1. The fraction of sp³-hybridized carbons (Fsp3) is 0.357. The third kappa shape index (κ3) is 2.51. The molecule has 1 aromatic carbocycles. The number of benzene rings is 1. The lowest BCUT2D eigenvalue weighted by Gasteiger charge is -2.08. The first-order chi connectivity index (χ1) is 8.49. The number of anilines is 1. The van der Waals surface area contributed by atoms with Crippen LogP contribution < -0.4 is 5.73 Å². The number of hydrogen-bond acceptors (Lipinski definition) is 2. The average Bonchev–Trinajstić information content (AvgIpc) is 2.64. The molecule has 3 N–H and O–H groups in total. The second-order valence-corrected chi connectivity index (χ2v) is 5.43. The third-order valence-corrected chi connectivity index (χ3v) is 3.38. The van der Waals surface area contributed by atoms with E-state index in [1.807, 2.05) is 25.1 Å². The molecule has 96 valence electrons. The zero-order valence-corrected chi connectivity index (χ0v) is 11.7. The van der Waals surface area contributed by atoms with Crippen molar-refractivity contribution in [1.82, 2.24) is 10.2 Å². The van der Waals surface area contributed by atoms with Crippen molar-refractivity contribution in [3.05, 3.63) is 34.3 Å². The number of H-pyrrole nitrogens is 1. The van der Waals surface area contributed by atoms with Crippen LogP contribution in [-0.4, -0.2) is 10.2 Å². The van der Waals surface area contributed by atoms with Crippen LogP contribution in [0.3, 0.4) is 0 Å². The molecular weight excluding hydrogens is 246 g/mol. The van der Waals surface area contributed by atoms with Gasteiger partial charge in [-0.25, -0.2) is 0 Å². The van der Waals surface area contributed by atoms with Gasteiger partial charge in [-0.1, -0.05) is 37.6 Å². The molecule has 0 fully saturated rings. The van der Waals surface area contributed by atoms with Gasteiger partial charge in [-0.05, 0) is 30.9 Å². The van der Waals surface area contributed by atoms with E-state index in [9.17, 15) is 0 Å². The van der Waals surface area contributed by atoms with Gasteiger partial charge in [0.25, 0.3) is 0 Å². The molecule has 0 saturated heterocycles. The molecule has 0 unspecified atom stereocenters.